The monoisotopic (exact) mass is 537 g/mol. The summed E-state index contributed by atoms with van der Waals surface area (Å²) >= 11 is 0. The van der Waals surface area contributed by atoms with Crippen molar-refractivity contribution in [2.24, 2.45) is 7.05 Å². The van der Waals surface area contributed by atoms with Crippen molar-refractivity contribution in [1.82, 2.24) is 34.3 Å². The highest BCUT2D eigenvalue weighted by Gasteiger charge is 2.22. The Kier molecular flexibility index (Phi) is 6.91. The van der Waals surface area contributed by atoms with E-state index in [0.29, 0.717) is 42.4 Å². The lowest BCUT2D eigenvalue weighted by Gasteiger charge is -2.26. The maximum atomic E-state index is 13.0. The van der Waals surface area contributed by atoms with Gasteiger partial charge in [0.1, 0.15) is 0 Å². The maximum Gasteiger partial charge on any atom is 0.294 e. The number of sulfone groups is 1. The Bertz CT molecular complexity index is 1610. The largest absolute Gasteiger partial charge is 0.325 e. The molecule has 0 radical (unpaired) electrons. The van der Waals surface area contributed by atoms with E-state index in [-0.39, 0.29) is 29.7 Å². The Morgan fingerprint density at radius 2 is 1.84 bits per heavy atom. The standard InChI is InChI=1S/C24H27N9O4S/c1-16-20(12-19(14-25-16)27-22(34)4-5-32-7-9-38(36,37)10-8-32)28-24(35)23-30-29-21-11-17(3-6-33(21)23)18-13-26-31(2)15-18/h3,6,11-15H,4-5,7-10H2,1-2H3,(H,27,34)(H,28,35). The van der Waals surface area contributed by atoms with Crippen LogP contribution < -0.4 is 10.6 Å². The highest BCUT2D eigenvalue weighted by atomic mass is 32.2. The number of aromatic nitrogens is 6. The van der Waals surface area contributed by atoms with E-state index in [0.717, 1.165) is 11.1 Å². The molecule has 0 aromatic carbocycles. The Balaban J connectivity index is 1.23. The molecule has 0 bridgehead atoms. The average molecular weight is 538 g/mol. The summed E-state index contributed by atoms with van der Waals surface area (Å²) in [6.07, 6.45) is 7.09. The molecule has 5 heterocycles. The summed E-state index contributed by atoms with van der Waals surface area (Å²) in [6.45, 7) is 3.07. The molecule has 198 valence electrons. The highest BCUT2D eigenvalue weighted by molar-refractivity contribution is 7.91. The number of anilines is 2. The van der Waals surface area contributed by atoms with Crippen LogP contribution in [0.4, 0.5) is 11.4 Å². The highest BCUT2D eigenvalue weighted by Crippen LogP contribution is 2.22. The molecule has 2 amide bonds. The normalized spacial score (nSPS) is 15.4. The first-order chi connectivity index (χ1) is 18.2. The van der Waals surface area contributed by atoms with Crippen molar-refractivity contribution < 1.29 is 18.0 Å². The van der Waals surface area contributed by atoms with Crippen molar-refractivity contribution in [3.8, 4) is 11.1 Å². The lowest BCUT2D eigenvalue weighted by Crippen LogP contribution is -2.41. The Morgan fingerprint density at radius 1 is 1.05 bits per heavy atom. The zero-order chi connectivity index (χ0) is 26.9. The van der Waals surface area contributed by atoms with Crippen LogP contribution in [0.2, 0.25) is 0 Å². The van der Waals surface area contributed by atoms with E-state index in [1.807, 2.05) is 30.3 Å². The third-order valence-electron chi connectivity index (χ3n) is 6.36. The lowest BCUT2D eigenvalue weighted by atomic mass is 10.1. The second kappa shape index (κ2) is 10.3. The van der Waals surface area contributed by atoms with Crippen molar-refractivity contribution in [2.75, 3.05) is 41.8 Å². The number of carbonyl (C=O) groups is 2. The molecular formula is C24H27N9O4S. The lowest BCUT2D eigenvalue weighted by molar-refractivity contribution is -0.116. The van der Waals surface area contributed by atoms with Crippen molar-refractivity contribution in [2.45, 2.75) is 13.3 Å². The first-order valence-corrected chi connectivity index (χ1v) is 13.8. The molecule has 0 unspecified atom stereocenters. The fraction of sp³-hybridized carbons (Fsp3) is 0.333. The number of hydrogen-bond acceptors (Lipinski definition) is 9. The van der Waals surface area contributed by atoms with Crippen LogP contribution in [0.25, 0.3) is 16.8 Å². The van der Waals surface area contributed by atoms with Gasteiger partial charge in [-0.25, -0.2) is 8.42 Å². The van der Waals surface area contributed by atoms with Crippen molar-refractivity contribution in [3.05, 3.63) is 54.5 Å². The Labute approximate surface area is 218 Å². The van der Waals surface area contributed by atoms with E-state index < -0.39 is 15.7 Å². The van der Waals surface area contributed by atoms with Gasteiger partial charge in [-0.05, 0) is 30.7 Å². The van der Waals surface area contributed by atoms with Crippen molar-refractivity contribution >= 4 is 38.7 Å². The zero-order valence-corrected chi connectivity index (χ0v) is 21.8. The van der Waals surface area contributed by atoms with E-state index in [1.54, 1.807) is 34.5 Å². The molecular weight excluding hydrogens is 510 g/mol. The number of hydrogen-bond donors (Lipinski definition) is 2. The molecule has 4 aromatic rings. The van der Waals surface area contributed by atoms with Crippen LogP contribution in [0.1, 0.15) is 22.7 Å². The van der Waals surface area contributed by atoms with Crippen molar-refractivity contribution in [1.29, 1.82) is 0 Å². The quantitative estimate of drug-likeness (QED) is 0.353. The minimum atomic E-state index is -2.96. The predicted octanol–water partition coefficient (Wildman–Crippen LogP) is 1.14. The summed E-state index contributed by atoms with van der Waals surface area (Å²) in [5, 5.41) is 18.0. The van der Waals surface area contributed by atoms with Gasteiger partial charge in [0, 0.05) is 51.1 Å². The molecule has 38 heavy (non-hydrogen) atoms. The number of aryl methyl sites for hydroxylation is 2. The summed E-state index contributed by atoms with van der Waals surface area (Å²) in [6, 6.07) is 5.32. The average Bonchev–Trinajstić information content (AvgIpc) is 3.51. The summed E-state index contributed by atoms with van der Waals surface area (Å²) < 4.78 is 26.4. The number of fused-ring (bicyclic) bond motifs is 1. The Morgan fingerprint density at radius 3 is 2.58 bits per heavy atom. The summed E-state index contributed by atoms with van der Waals surface area (Å²) in [4.78, 5) is 31.8. The van der Waals surface area contributed by atoms with Crippen LogP contribution in [0.3, 0.4) is 0 Å². The SMILES string of the molecule is Cc1ncc(NC(=O)CCN2CCS(=O)(=O)CC2)cc1NC(=O)c1nnc2cc(-c3cnn(C)c3)ccn12. The van der Waals surface area contributed by atoms with Gasteiger partial charge in [0.15, 0.2) is 15.5 Å². The zero-order valence-electron chi connectivity index (χ0n) is 21.0. The number of nitrogens with one attached hydrogen (secondary N) is 2. The molecule has 14 heteroatoms. The third kappa shape index (κ3) is 5.70. The van der Waals surface area contributed by atoms with Gasteiger partial charge in [-0.3, -0.25) is 23.7 Å². The van der Waals surface area contributed by atoms with Crippen LogP contribution in [-0.2, 0) is 21.7 Å². The number of rotatable bonds is 7. The summed E-state index contributed by atoms with van der Waals surface area (Å²) in [7, 11) is -1.12. The number of pyridine rings is 2. The first-order valence-electron chi connectivity index (χ1n) is 12.0. The second-order valence-corrected chi connectivity index (χ2v) is 11.5. The fourth-order valence-electron chi connectivity index (χ4n) is 4.16. The van der Waals surface area contributed by atoms with Gasteiger partial charge in [0.05, 0.1) is 41.0 Å². The molecule has 13 nitrogen and oxygen atoms in total. The van der Waals surface area contributed by atoms with E-state index in [4.69, 9.17) is 0 Å². The Hall–Kier alpha value is -4.17. The van der Waals surface area contributed by atoms with Crippen LogP contribution in [0.15, 0.2) is 43.0 Å². The van der Waals surface area contributed by atoms with Gasteiger partial charge in [-0.1, -0.05) is 0 Å². The fourth-order valence-corrected chi connectivity index (χ4v) is 5.44. The maximum absolute atomic E-state index is 13.0. The molecule has 0 saturated carbocycles. The molecule has 1 saturated heterocycles. The number of carbonyl (C=O) groups excluding carboxylic acids is 2. The van der Waals surface area contributed by atoms with Gasteiger partial charge >= 0.3 is 0 Å². The molecule has 5 rings (SSSR count). The van der Waals surface area contributed by atoms with Crippen LogP contribution >= 0.6 is 0 Å². The molecule has 4 aromatic heterocycles. The number of amides is 2. The van der Waals surface area contributed by atoms with E-state index in [2.05, 4.69) is 30.9 Å². The van der Waals surface area contributed by atoms with Crippen LogP contribution in [-0.4, -0.2) is 85.6 Å². The van der Waals surface area contributed by atoms with Gasteiger partial charge in [0.25, 0.3) is 5.91 Å². The van der Waals surface area contributed by atoms with Gasteiger partial charge in [-0.2, -0.15) is 5.10 Å². The second-order valence-electron chi connectivity index (χ2n) is 9.17. The summed E-state index contributed by atoms with van der Waals surface area (Å²) in [5.74, 6) is -0.358. The predicted molar refractivity (Wildman–Crippen MR) is 140 cm³/mol. The molecule has 0 atom stereocenters. The molecule has 1 aliphatic heterocycles. The molecule has 2 N–H and O–H groups in total. The van der Waals surface area contributed by atoms with Gasteiger partial charge in [0.2, 0.25) is 11.7 Å². The van der Waals surface area contributed by atoms with Crippen LogP contribution in [0.5, 0.6) is 0 Å². The third-order valence-corrected chi connectivity index (χ3v) is 7.97. The molecule has 0 aliphatic carbocycles. The van der Waals surface area contributed by atoms with Crippen molar-refractivity contribution in [3.63, 3.8) is 0 Å². The van der Waals surface area contributed by atoms with E-state index in [9.17, 15) is 18.0 Å². The van der Waals surface area contributed by atoms with E-state index >= 15 is 0 Å². The van der Waals surface area contributed by atoms with E-state index in [1.165, 1.54) is 6.20 Å². The summed E-state index contributed by atoms with van der Waals surface area (Å²) in [5.41, 5.74) is 3.77. The minimum absolute atomic E-state index is 0.107. The molecule has 1 aliphatic rings. The van der Waals surface area contributed by atoms with Crippen LogP contribution in [0, 0.1) is 6.92 Å². The molecule has 0 spiro atoms. The molecule has 1 fully saturated rings. The van der Waals surface area contributed by atoms with Gasteiger partial charge in [-0.15, -0.1) is 10.2 Å². The van der Waals surface area contributed by atoms with Gasteiger partial charge < -0.3 is 15.5 Å². The smallest absolute Gasteiger partial charge is 0.294 e. The first kappa shape index (κ1) is 25.5. The minimum Gasteiger partial charge on any atom is -0.325 e. The number of nitrogens with zero attached hydrogens (tertiary/aromatic N) is 7. The topological polar surface area (TPSA) is 156 Å².